The summed E-state index contributed by atoms with van der Waals surface area (Å²) in [4.78, 5) is 8.09. The highest BCUT2D eigenvalue weighted by Gasteiger charge is 2.15. The van der Waals surface area contributed by atoms with Gasteiger partial charge in [-0.15, -0.1) is 0 Å². The molecule has 0 aromatic carbocycles. The number of guanidine groups is 1. The third-order valence-corrected chi connectivity index (χ3v) is 4.15. The molecule has 0 saturated carbocycles. The topological polar surface area (TPSA) is 72.1 Å². The van der Waals surface area contributed by atoms with Gasteiger partial charge in [0.25, 0.3) is 0 Å². The highest BCUT2D eigenvalue weighted by Crippen LogP contribution is 2.14. The van der Waals surface area contributed by atoms with Crippen LogP contribution in [0.15, 0.2) is 17.4 Å². The van der Waals surface area contributed by atoms with Crippen LogP contribution in [0.3, 0.4) is 0 Å². The van der Waals surface area contributed by atoms with Gasteiger partial charge in [-0.25, -0.2) is 4.98 Å². The molecule has 0 spiro atoms. The molecule has 2 rings (SSSR count). The molecule has 0 aliphatic heterocycles. The predicted molar refractivity (Wildman–Crippen MR) is 92.7 cm³/mol. The minimum Gasteiger partial charge on any atom is -0.354 e. The van der Waals surface area contributed by atoms with E-state index in [9.17, 15) is 8.78 Å². The number of hydrogen-bond donors (Lipinski definition) is 2. The molecule has 1 atom stereocenters. The van der Waals surface area contributed by atoms with Gasteiger partial charge in [-0.1, -0.05) is 0 Å². The number of aromatic nitrogens is 4. The molecule has 1 unspecified atom stereocenters. The van der Waals surface area contributed by atoms with Gasteiger partial charge in [0.2, 0.25) is 0 Å². The molecule has 25 heavy (non-hydrogen) atoms. The molecular formula is C16H25F2N7. The van der Waals surface area contributed by atoms with Gasteiger partial charge in [0.05, 0.1) is 12.2 Å². The van der Waals surface area contributed by atoms with Crippen molar-refractivity contribution in [1.29, 1.82) is 0 Å². The number of imidazole rings is 1. The van der Waals surface area contributed by atoms with E-state index in [-0.39, 0.29) is 18.4 Å². The zero-order valence-electron chi connectivity index (χ0n) is 15.2. The molecule has 0 bridgehead atoms. The third kappa shape index (κ3) is 4.55. The Bertz CT molecular complexity index is 733. The molecule has 2 N–H and O–H groups in total. The molecule has 2 heterocycles. The van der Waals surface area contributed by atoms with Crippen molar-refractivity contribution in [3.8, 4) is 0 Å². The second kappa shape index (κ2) is 8.09. The molecule has 0 fully saturated rings. The highest BCUT2D eigenvalue weighted by molar-refractivity contribution is 5.79. The summed E-state index contributed by atoms with van der Waals surface area (Å²) in [7, 11) is 3.57. The van der Waals surface area contributed by atoms with Crippen LogP contribution in [0.2, 0.25) is 0 Å². The zero-order chi connectivity index (χ0) is 18.6. The SMILES string of the molecule is CN=C(NCc1nccn1C(F)F)NC(C)Cc1c(C)nn(C)c1C. The van der Waals surface area contributed by atoms with Gasteiger partial charge >= 0.3 is 6.55 Å². The van der Waals surface area contributed by atoms with Gasteiger partial charge in [-0.05, 0) is 32.8 Å². The van der Waals surface area contributed by atoms with E-state index in [4.69, 9.17) is 0 Å². The van der Waals surface area contributed by atoms with E-state index in [1.54, 1.807) is 7.05 Å². The number of aryl methyl sites for hydroxylation is 2. The van der Waals surface area contributed by atoms with E-state index in [2.05, 4.69) is 25.7 Å². The zero-order valence-corrected chi connectivity index (χ0v) is 15.2. The Balaban J connectivity index is 1.94. The van der Waals surface area contributed by atoms with Gasteiger partial charge < -0.3 is 10.6 Å². The molecule has 0 aliphatic rings. The van der Waals surface area contributed by atoms with Crippen LogP contribution in [0.4, 0.5) is 8.78 Å². The van der Waals surface area contributed by atoms with Crippen LogP contribution < -0.4 is 10.6 Å². The fourth-order valence-corrected chi connectivity index (χ4v) is 2.72. The molecule has 0 amide bonds. The van der Waals surface area contributed by atoms with E-state index in [1.807, 2.05) is 32.5 Å². The van der Waals surface area contributed by atoms with Crippen molar-refractivity contribution in [2.75, 3.05) is 7.05 Å². The van der Waals surface area contributed by atoms with Crippen LogP contribution in [0.1, 0.15) is 36.2 Å². The summed E-state index contributed by atoms with van der Waals surface area (Å²) in [6, 6.07) is 0.0997. The fraction of sp³-hybridized carbons (Fsp3) is 0.562. The summed E-state index contributed by atoms with van der Waals surface area (Å²) in [5.41, 5.74) is 3.34. The van der Waals surface area contributed by atoms with Crippen LogP contribution in [0.25, 0.3) is 0 Å². The van der Waals surface area contributed by atoms with Crippen molar-refractivity contribution in [3.63, 3.8) is 0 Å². The Kier molecular flexibility index (Phi) is 6.11. The molecule has 0 aliphatic carbocycles. The maximum Gasteiger partial charge on any atom is 0.319 e. The first-order valence-corrected chi connectivity index (χ1v) is 8.09. The first-order chi connectivity index (χ1) is 11.8. The summed E-state index contributed by atoms with van der Waals surface area (Å²) >= 11 is 0. The quantitative estimate of drug-likeness (QED) is 0.615. The molecule has 2 aromatic rings. The average Bonchev–Trinajstić information content (AvgIpc) is 3.12. The van der Waals surface area contributed by atoms with Gasteiger partial charge in [0, 0.05) is 38.2 Å². The van der Waals surface area contributed by atoms with Crippen molar-refractivity contribution < 1.29 is 8.78 Å². The number of nitrogens with zero attached hydrogens (tertiary/aromatic N) is 5. The molecule has 7 nitrogen and oxygen atoms in total. The lowest BCUT2D eigenvalue weighted by Gasteiger charge is -2.18. The first kappa shape index (κ1) is 18.9. The van der Waals surface area contributed by atoms with Crippen molar-refractivity contribution in [2.45, 2.75) is 46.3 Å². The maximum atomic E-state index is 12.8. The average molecular weight is 353 g/mol. The second-order valence-corrected chi connectivity index (χ2v) is 5.98. The molecule has 2 aromatic heterocycles. The third-order valence-electron chi connectivity index (χ3n) is 4.15. The van der Waals surface area contributed by atoms with Crippen molar-refractivity contribution in [1.82, 2.24) is 30.0 Å². The molecule has 9 heteroatoms. The normalized spacial score (nSPS) is 13.4. The highest BCUT2D eigenvalue weighted by atomic mass is 19.3. The molecule has 0 radical (unpaired) electrons. The maximum absolute atomic E-state index is 12.8. The van der Waals surface area contributed by atoms with E-state index < -0.39 is 6.55 Å². The number of hydrogen-bond acceptors (Lipinski definition) is 3. The van der Waals surface area contributed by atoms with Crippen molar-refractivity contribution in [2.24, 2.45) is 12.0 Å². The van der Waals surface area contributed by atoms with Crippen LogP contribution >= 0.6 is 0 Å². The van der Waals surface area contributed by atoms with Gasteiger partial charge in [-0.3, -0.25) is 14.2 Å². The van der Waals surface area contributed by atoms with E-state index in [1.165, 1.54) is 18.0 Å². The lowest BCUT2D eigenvalue weighted by molar-refractivity contribution is 0.0668. The number of aliphatic imine (C=N–C) groups is 1. The molecule has 138 valence electrons. The largest absolute Gasteiger partial charge is 0.354 e. The summed E-state index contributed by atoms with van der Waals surface area (Å²) in [6.45, 7) is 3.63. The standard InChI is InChI=1S/C16H25F2N7/c1-10(8-13-11(2)23-24(5)12(13)3)22-16(19-4)21-9-14-20-6-7-25(14)15(17)18/h6-7,10,15H,8-9H2,1-5H3,(H2,19,21,22). The van der Waals surface area contributed by atoms with Gasteiger partial charge in [0.1, 0.15) is 5.82 Å². The Hall–Kier alpha value is -2.45. The number of halogens is 2. The predicted octanol–water partition coefficient (Wildman–Crippen LogP) is 1.92. The van der Waals surface area contributed by atoms with E-state index >= 15 is 0 Å². The monoisotopic (exact) mass is 353 g/mol. The Morgan fingerprint density at radius 1 is 1.36 bits per heavy atom. The lowest BCUT2D eigenvalue weighted by Crippen LogP contribution is -2.43. The second-order valence-electron chi connectivity index (χ2n) is 5.98. The number of alkyl halides is 2. The summed E-state index contributed by atoms with van der Waals surface area (Å²) in [5, 5.41) is 10.7. The van der Waals surface area contributed by atoms with Crippen LogP contribution in [-0.2, 0) is 20.0 Å². The van der Waals surface area contributed by atoms with Crippen LogP contribution in [0, 0.1) is 13.8 Å². The van der Waals surface area contributed by atoms with E-state index in [0.29, 0.717) is 5.96 Å². The Labute approximate surface area is 146 Å². The molecule has 0 saturated heterocycles. The number of nitrogens with one attached hydrogen (secondary N) is 2. The number of rotatable bonds is 6. The molecular weight excluding hydrogens is 328 g/mol. The van der Waals surface area contributed by atoms with E-state index in [0.717, 1.165) is 22.4 Å². The van der Waals surface area contributed by atoms with Gasteiger partial charge in [0.15, 0.2) is 5.96 Å². The van der Waals surface area contributed by atoms with Crippen molar-refractivity contribution >= 4 is 5.96 Å². The Morgan fingerprint density at radius 3 is 2.64 bits per heavy atom. The van der Waals surface area contributed by atoms with Crippen molar-refractivity contribution in [3.05, 3.63) is 35.2 Å². The Morgan fingerprint density at radius 2 is 2.08 bits per heavy atom. The smallest absolute Gasteiger partial charge is 0.319 e. The first-order valence-electron chi connectivity index (χ1n) is 8.09. The lowest BCUT2D eigenvalue weighted by atomic mass is 10.1. The summed E-state index contributed by atoms with van der Waals surface area (Å²) in [6.07, 6.45) is 3.41. The van der Waals surface area contributed by atoms with Gasteiger partial charge in [-0.2, -0.15) is 13.9 Å². The minimum atomic E-state index is -2.61. The van der Waals surface area contributed by atoms with Crippen LogP contribution in [0.5, 0.6) is 0 Å². The minimum absolute atomic E-state index is 0.0997. The summed E-state index contributed by atoms with van der Waals surface area (Å²) in [5.74, 6) is 0.792. The van der Waals surface area contributed by atoms with Crippen LogP contribution in [-0.4, -0.2) is 38.4 Å². The summed E-state index contributed by atoms with van der Waals surface area (Å²) < 4.78 is 28.4. The fourth-order valence-electron chi connectivity index (χ4n) is 2.72.